The lowest BCUT2D eigenvalue weighted by molar-refractivity contribution is 0.0948. The molecule has 1 amide bonds. The summed E-state index contributed by atoms with van der Waals surface area (Å²) in [5.74, 6) is 0.582. The largest absolute Gasteiger partial charge is 0.345 e. The maximum atomic E-state index is 12.6. The maximum absolute atomic E-state index is 12.6. The predicted octanol–water partition coefficient (Wildman–Crippen LogP) is 3.07. The Hall–Kier alpha value is -3.33. The Morgan fingerprint density at radius 2 is 2.07 bits per heavy atom. The van der Waals surface area contributed by atoms with Gasteiger partial charge < -0.3 is 9.84 Å². The van der Waals surface area contributed by atoms with E-state index >= 15 is 0 Å². The minimum Gasteiger partial charge on any atom is -0.345 e. The van der Waals surface area contributed by atoms with E-state index in [1.54, 1.807) is 17.1 Å². The van der Waals surface area contributed by atoms with Crippen LogP contribution in [0, 0.1) is 0 Å². The van der Waals surface area contributed by atoms with Gasteiger partial charge in [0.2, 0.25) is 0 Å². The van der Waals surface area contributed by atoms with Gasteiger partial charge >= 0.3 is 0 Å². The van der Waals surface area contributed by atoms with Crippen LogP contribution in [0.1, 0.15) is 21.7 Å². The second-order valence-electron chi connectivity index (χ2n) is 5.96. The first-order valence-electron chi connectivity index (χ1n) is 8.46. The minimum absolute atomic E-state index is 0.161. The number of carbonyl (C=O) groups is 1. The summed E-state index contributed by atoms with van der Waals surface area (Å²) in [6, 6.07) is 14.9. The highest BCUT2D eigenvalue weighted by atomic mass is 79.9. The van der Waals surface area contributed by atoms with Crippen molar-refractivity contribution < 1.29 is 9.32 Å². The van der Waals surface area contributed by atoms with Gasteiger partial charge in [-0.3, -0.25) is 4.79 Å². The van der Waals surface area contributed by atoms with Gasteiger partial charge in [-0.2, -0.15) is 10.1 Å². The number of halogens is 1. The molecule has 2 aromatic carbocycles. The lowest BCUT2D eigenvalue weighted by Crippen LogP contribution is -2.25. The number of hydrogen-bond acceptors (Lipinski definition) is 6. The summed E-state index contributed by atoms with van der Waals surface area (Å²) in [6.07, 6.45) is 3.07. The molecule has 1 N–H and O–H groups in total. The first kappa shape index (κ1) is 18.1. The molecule has 0 atom stereocenters. The van der Waals surface area contributed by atoms with Gasteiger partial charge in [0.1, 0.15) is 12.7 Å². The summed E-state index contributed by atoms with van der Waals surface area (Å²) < 4.78 is 7.87. The predicted molar refractivity (Wildman–Crippen MR) is 104 cm³/mol. The lowest BCUT2D eigenvalue weighted by Gasteiger charge is -2.09. The van der Waals surface area contributed by atoms with Gasteiger partial charge in [-0.1, -0.05) is 45.4 Å². The molecule has 4 aromatic rings. The molecule has 0 aliphatic rings. The molecule has 0 aliphatic carbocycles. The monoisotopic (exact) mass is 438 g/mol. The van der Waals surface area contributed by atoms with Gasteiger partial charge in [-0.05, 0) is 29.8 Å². The Morgan fingerprint density at radius 3 is 2.89 bits per heavy atom. The van der Waals surface area contributed by atoms with Gasteiger partial charge in [0.15, 0.2) is 5.82 Å². The summed E-state index contributed by atoms with van der Waals surface area (Å²) in [5, 5.41) is 10.8. The Kier molecular flexibility index (Phi) is 5.24. The molecule has 0 fully saturated rings. The third-order valence-corrected chi connectivity index (χ3v) is 4.50. The standard InChI is InChI=1S/C19H15BrN6O2/c20-15-6-3-5-13(8-15)19-24-17(25-28-19)9-22-18(27)16-7-2-1-4-14(16)10-26-12-21-11-23-26/h1-8,11-12H,9-10H2,(H,22,27). The number of hydrogen-bond donors (Lipinski definition) is 1. The number of benzene rings is 2. The van der Waals surface area contributed by atoms with Gasteiger partial charge in [0.25, 0.3) is 11.8 Å². The first-order chi connectivity index (χ1) is 13.7. The van der Waals surface area contributed by atoms with E-state index in [9.17, 15) is 4.79 Å². The van der Waals surface area contributed by atoms with Crippen molar-refractivity contribution in [3.05, 3.63) is 82.6 Å². The average molecular weight is 439 g/mol. The molecular formula is C19H15BrN6O2. The fourth-order valence-corrected chi connectivity index (χ4v) is 3.09. The SMILES string of the molecule is O=C(NCc1noc(-c2cccc(Br)c2)n1)c1ccccc1Cn1cncn1. The zero-order valence-corrected chi connectivity index (χ0v) is 16.2. The minimum atomic E-state index is -0.218. The van der Waals surface area contributed by atoms with Crippen molar-refractivity contribution in [3.63, 3.8) is 0 Å². The Balaban J connectivity index is 1.44. The zero-order chi connectivity index (χ0) is 19.3. The maximum Gasteiger partial charge on any atom is 0.258 e. The van der Waals surface area contributed by atoms with Crippen molar-refractivity contribution in [2.45, 2.75) is 13.1 Å². The highest BCUT2D eigenvalue weighted by Crippen LogP contribution is 2.21. The molecule has 9 heteroatoms. The van der Waals surface area contributed by atoms with Crippen molar-refractivity contribution in [1.29, 1.82) is 0 Å². The van der Waals surface area contributed by atoms with E-state index in [4.69, 9.17) is 4.52 Å². The highest BCUT2D eigenvalue weighted by Gasteiger charge is 2.14. The molecule has 2 aromatic heterocycles. The molecule has 0 unspecified atom stereocenters. The molecule has 0 spiro atoms. The van der Waals surface area contributed by atoms with Crippen LogP contribution >= 0.6 is 15.9 Å². The Bertz CT molecular complexity index is 1090. The van der Waals surface area contributed by atoms with Crippen molar-refractivity contribution in [1.82, 2.24) is 30.2 Å². The van der Waals surface area contributed by atoms with E-state index in [0.29, 0.717) is 23.8 Å². The van der Waals surface area contributed by atoms with Crippen LogP contribution in [0.5, 0.6) is 0 Å². The van der Waals surface area contributed by atoms with Crippen LogP contribution < -0.4 is 5.32 Å². The normalized spacial score (nSPS) is 10.8. The smallest absolute Gasteiger partial charge is 0.258 e. The van der Waals surface area contributed by atoms with Crippen molar-refractivity contribution >= 4 is 21.8 Å². The Morgan fingerprint density at radius 1 is 1.18 bits per heavy atom. The van der Waals surface area contributed by atoms with Crippen molar-refractivity contribution in [2.24, 2.45) is 0 Å². The van der Waals surface area contributed by atoms with Crippen molar-refractivity contribution in [2.75, 3.05) is 0 Å². The van der Waals surface area contributed by atoms with Gasteiger partial charge in [-0.15, -0.1) is 0 Å². The van der Waals surface area contributed by atoms with Gasteiger partial charge in [-0.25, -0.2) is 9.67 Å². The van der Waals surface area contributed by atoms with Crippen LogP contribution in [0.3, 0.4) is 0 Å². The number of amides is 1. The molecule has 0 saturated heterocycles. The summed E-state index contributed by atoms with van der Waals surface area (Å²) >= 11 is 3.41. The number of carbonyl (C=O) groups excluding carboxylic acids is 1. The van der Waals surface area contributed by atoms with Crippen LogP contribution in [-0.4, -0.2) is 30.8 Å². The summed E-state index contributed by atoms with van der Waals surface area (Å²) in [4.78, 5) is 20.9. The molecule has 0 saturated carbocycles. The summed E-state index contributed by atoms with van der Waals surface area (Å²) in [7, 11) is 0. The lowest BCUT2D eigenvalue weighted by atomic mass is 10.1. The van der Waals surface area contributed by atoms with Gasteiger partial charge in [0.05, 0.1) is 13.1 Å². The van der Waals surface area contributed by atoms with Crippen LogP contribution in [-0.2, 0) is 13.1 Å². The number of nitrogens with zero attached hydrogens (tertiary/aromatic N) is 5. The van der Waals surface area contributed by atoms with Crippen LogP contribution in [0.15, 0.2) is 70.2 Å². The molecule has 140 valence electrons. The third-order valence-electron chi connectivity index (χ3n) is 4.01. The van der Waals surface area contributed by atoms with E-state index in [1.165, 1.54) is 6.33 Å². The van der Waals surface area contributed by atoms with Crippen LogP contribution in [0.25, 0.3) is 11.5 Å². The fraction of sp³-hybridized carbons (Fsp3) is 0.105. The fourth-order valence-electron chi connectivity index (χ4n) is 2.69. The summed E-state index contributed by atoms with van der Waals surface area (Å²) in [5.41, 5.74) is 2.21. The number of aromatic nitrogens is 5. The van der Waals surface area contributed by atoms with Gasteiger partial charge in [0, 0.05) is 15.6 Å². The molecule has 28 heavy (non-hydrogen) atoms. The van der Waals surface area contributed by atoms with E-state index in [0.717, 1.165) is 15.6 Å². The molecule has 8 nitrogen and oxygen atoms in total. The van der Waals surface area contributed by atoms with E-state index in [2.05, 4.69) is 41.5 Å². The topological polar surface area (TPSA) is 98.7 Å². The second-order valence-corrected chi connectivity index (χ2v) is 6.87. The van der Waals surface area contributed by atoms with Crippen LogP contribution in [0.4, 0.5) is 0 Å². The van der Waals surface area contributed by atoms with E-state index in [1.807, 2.05) is 42.5 Å². The first-order valence-corrected chi connectivity index (χ1v) is 9.25. The summed E-state index contributed by atoms with van der Waals surface area (Å²) in [6.45, 7) is 0.618. The van der Waals surface area contributed by atoms with Crippen molar-refractivity contribution in [3.8, 4) is 11.5 Å². The molecule has 0 radical (unpaired) electrons. The van der Waals surface area contributed by atoms with E-state index in [-0.39, 0.29) is 12.5 Å². The second kappa shape index (κ2) is 8.13. The molecule has 0 bridgehead atoms. The number of rotatable bonds is 6. The molecule has 0 aliphatic heterocycles. The zero-order valence-electron chi connectivity index (χ0n) is 14.6. The average Bonchev–Trinajstić information content (AvgIpc) is 3.39. The molecule has 4 rings (SSSR count). The third kappa shape index (κ3) is 4.15. The molecule has 2 heterocycles. The Labute approximate surface area is 168 Å². The highest BCUT2D eigenvalue weighted by molar-refractivity contribution is 9.10. The van der Waals surface area contributed by atoms with Crippen LogP contribution in [0.2, 0.25) is 0 Å². The number of nitrogens with one attached hydrogen (secondary N) is 1. The quantitative estimate of drug-likeness (QED) is 0.496. The molecular weight excluding hydrogens is 424 g/mol. The van der Waals surface area contributed by atoms with E-state index < -0.39 is 0 Å².